The van der Waals surface area contributed by atoms with Gasteiger partial charge in [0.05, 0.1) is 17.4 Å². The summed E-state index contributed by atoms with van der Waals surface area (Å²) < 4.78 is 11.7. The van der Waals surface area contributed by atoms with Crippen LogP contribution in [0.25, 0.3) is 5.69 Å². The Bertz CT molecular complexity index is 1300. The highest BCUT2D eigenvalue weighted by Crippen LogP contribution is 2.13. The maximum Gasteiger partial charge on any atom is 0.345 e. The van der Waals surface area contributed by atoms with Crippen molar-refractivity contribution in [2.75, 3.05) is 0 Å². The van der Waals surface area contributed by atoms with Crippen molar-refractivity contribution in [3.63, 3.8) is 0 Å². The van der Waals surface area contributed by atoms with Crippen LogP contribution in [0.1, 0.15) is 31.8 Å². The third-order valence-electron chi connectivity index (χ3n) is 4.83. The summed E-state index contributed by atoms with van der Waals surface area (Å²) in [7, 11) is 0. The van der Waals surface area contributed by atoms with Gasteiger partial charge in [0.25, 0.3) is 5.56 Å². The average molecular weight is 440 g/mol. The average Bonchev–Trinajstić information content (AvgIpc) is 2.87. The highest BCUT2D eigenvalue weighted by molar-refractivity contribution is 6.02. The molecule has 0 aliphatic carbocycles. The summed E-state index contributed by atoms with van der Waals surface area (Å²) >= 11 is 0. The molecular weight excluding hydrogens is 420 g/mol. The highest BCUT2D eigenvalue weighted by atomic mass is 16.5. The summed E-state index contributed by atoms with van der Waals surface area (Å²) in [5.41, 5.74) is 0.516. The van der Waals surface area contributed by atoms with Crippen molar-refractivity contribution >= 4 is 11.9 Å². The van der Waals surface area contributed by atoms with Crippen LogP contribution in [0.4, 0.5) is 0 Å². The fourth-order valence-electron chi connectivity index (χ4n) is 3.15. The fourth-order valence-corrected chi connectivity index (χ4v) is 3.15. The van der Waals surface area contributed by atoms with Crippen molar-refractivity contribution in [1.29, 1.82) is 0 Å². The quantitative estimate of drug-likeness (QED) is 0.405. The molecule has 164 valence electrons. The number of esters is 2. The maximum absolute atomic E-state index is 13.2. The topological polar surface area (TPSA) is 87.5 Å². The molecule has 7 heteroatoms. The zero-order valence-electron chi connectivity index (χ0n) is 17.6. The van der Waals surface area contributed by atoms with E-state index >= 15 is 0 Å². The molecule has 7 nitrogen and oxygen atoms in total. The number of benzene rings is 3. The van der Waals surface area contributed by atoms with Crippen molar-refractivity contribution in [3.8, 4) is 5.69 Å². The lowest BCUT2D eigenvalue weighted by molar-refractivity contribution is 0.0422. The molecule has 0 spiro atoms. The summed E-state index contributed by atoms with van der Waals surface area (Å²) in [6.45, 7) is -0.0643. The van der Waals surface area contributed by atoms with E-state index in [0.29, 0.717) is 5.69 Å². The smallest absolute Gasteiger partial charge is 0.345 e. The van der Waals surface area contributed by atoms with Crippen LogP contribution in [0, 0.1) is 0 Å². The molecule has 0 radical (unpaired) electrons. The van der Waals surface area contributed by atoms with Crippen LogP contribution in [0.15, 0.2) is 102 Å². The van der Waals surface area contributed by atoms with Crippen LogP contribution in [0.3, 0.4) is 0 Å². The molecule has 0 fully saturated rings. The first-order valence-electron chi connectivity index (χ1n) is 10.2. The van der Waals surface area contributed by atoms with Crippen LogP contribution < -0.4 is 5.56 Å². The molecule has 0 amide bonds. The summed E-state index contributed by atoms with van der Waals surface area (Å²) in [6, 6.07) is 26.7. The Kier molecular flexibility index (Phi) is 6.70. The maximum atomic E-state index is 13.2. The van der Waals surface area contributed by atoms with Crippen molar-refractivity contribution in [2.45, 2.75) is 13.2 Å². The predicted octanol–water partition coefficient (Wildman–Crippen LogP) is 3.95. The molecule has 4 rings (SSSR count). The van der Waals surface area contributed by atoms with Crippen LogP contribution in [0.2, 0.25) is 0 Å². The van der Waals surface area contributed by atoms with Gasteiger partial charge in [-0.1, -0.05) is 78.9 Å². The van der Waals surface area contributed by atoms with E-state index < -0.39 is 23.1 Å². The molecule has 1 aromatic heterocycles. The molecule has 0 bridgehead atoms. The van der Waals surface area contributed by atoms with Gasteiger partial charge >= 0.3 is 11.9 Å². The minimum atomic E-state index is -0.928. The SMILES string of the molecule is O=C(OCc1ccccc1)c1cnn(-c2ccccc2)c(=O)c1C(=O)OCc1ccccc1. The Hall–Kier alpha value is -4.52. The van der Waals surface area contributed by atoms with Crippen molar-refractivity contribution in [2.24, 2.45) is 0 Å². The summed E-state index contributed by atoms with van der Waals surface area (Å²) in [4.78, 5) is 39.0. The van der Waals surface area contributed by atoms with Crippen LogP contribution >= 0.6 is 0 Å². The number of hydrogen-bond acceptors (Lipinski definition) is 6. The van der Waals surface area contributed by atoms with E-state index in [1.54, 1.807) is 54.6 Å². The first-order chi connectivity index (χ1) is 16.1. The van der Waals surface area contributed by atoms with E-state index in [2.05, 4.69) is 5.10 Å². The molecule has 0 saturated heterocycles. The lowest BCUT2D eigenvalue weighted by Crippen LogP contribution is -2.31. The van der Waals surface area contributed by atoms with Gasteiger partial charge in [0.2, 0.25) is 0 Å². The first-order valence-corrected chi connectivity index (χ1v) is 10.2. The van der Waals surface area contributed by atoms with Gasteiger partial charge in [0.1, 0.15) is 18.8 Å². The van der Waals surface area contributed by atoms with Gasteiger partial charge in [-0.15, -0.1) is 0 Å². The number of carbonyl (C=O) groups excluding carboxylic acids is 2. The Morgan fingerprint density at radius 2 is 1.18 bits per heavy atom. The second kappa shape index (κ2) is 10.2. The molecule has 0 aliphatic rings. The predicted molar refractivity (Wildman–Crippen MR) is 121 cm³/mol. The van der Waals surface area contributed by atoms with Crippen molar-refractivity contribution in [3.05, 3.63) is 130 Å². The van der Waals surface area contributed by atoms with E-state index in [1.165, 1.54) is 0 Å². The number of aromatic nitrogens is 2. The minimum absolute atomic E-state index is 0.0139. The van der Waals surface area contributed by atoms with Crippen molar-refractivity contribution in [1.82, 2.24) is 9.78 Å². The van der Waals surface area contributed by atoms with E-state index in [4.69, 9.17) is 9.47 Å². The molecule has 0 saturated carbocycles. The third-order valence-corrected chi connectivity index (χ3v) is 4.83. The zero-order valence-corrected chi connectivity index (χ0v) is 17.6. The standard InChI is InChI=1S/C26H20N2O5/c29-24-23(26(31)33-18-20-12-6-2-7-13-20)22(16-27-28(24)21-14-8-3-9-15-21)25(30)32-17-19-10-4-1-5-11-19/h1-16H,17-18H2. The second-order valence-electron chi connectivity index (χ2n) is 7.11. The van der Waals surface area contributed by atoms with Gasteiger partial charge in [0.15, 0.2) is 0 Å². The number of carbonyl (C=O) groups is 2. The number of hydrogen-bond donors (Lipinski definition) is 0. The molecule has 1 heterocycles. The molecular formula is C26H20N2O5. The Labute approximate surface area is 189 Å². The molecule has 0 aliphatic heterocycles. The number of rotatable bonds is 7. The number of para-hydroxylation sites is 1. The molecule has 3 aromatic carbocycles. The molecule has 0 atom stereocenters. The first kappa shape index (κ1) is 21.7. The third kappa shape index (κ3) is 5.22. The molecule has 0 N–H and O–H groups in total. The van der Waals surface area contributed by atoms with Gasteiger partial charge in [-0.3, -0.25) is 4.79 Å². The van der Waals surface area contributed by atoms with E-state index in [9.17, 15) is 14.4 Å². The van der Waals surface area contributed by atoms with Gasteiger partial charge < -0.3 is 9.47 Å². The summed E-state index contributed by atoms with van der Waals surface area (Å²) in [6.07, 6.45) is 1.15. The van der Waals surface area contributed by atoms with Gasteiger partial charge in [-0.2, -0.15) is 9.78 Å². The summed E-state index contributed by atoms with van der Waals surface area (Å²) in [5.74, 6) is -1.77. The molecule has 4 aromatic rings. The van der Waals surface area contributed by atoms with Gasteiger partial charge in [-0.05, 0) is 23.3 Å². The monoisotopic (exact) mass is 440 g/mol. The number of nitrogens with zero attached hydrogens (tertiary/aromatic N) is 2. The Morgan fingerprint density at radius 1 is 0.697 bits per heavy atom. The largest absolute Gasteiger partial charge is 0.457 e. The minimum Gasteiger partial charge on any atom is -0.457 e. The Balaban J connectivity index is 1.66. The van der Waals surface area contributed by atoms with E-state index in [-0.39, 0.29) is 18.8 Å². The molecule has 0 unspecified atom stereocenters. The van der Waals surface area contributed by atoms with E-state index in [1.807, 2.05) is 36.4 Å². The van der Waals surface area contributed by atoms with Crippen LogP contribution in [0.5, 0.6) is 0 Å². The zero-order chi connectivity index (χ0) is 23.0. The summed E-state index contributed by atoms with van der Waals surface area (Å²) in [5, 5.41) is 4.08. The second-order valence-corrected chi connectivity index (χ2v) is 7.11. The van der Waals surface area contributed by atoms with Gasteiger partial charge in [0, 0.05) is 0 Å². The fraction of sp³-hybridized carbons (Fsp3) is 0.0769. The lowest BCUT2D eigenvalue weighted by Gasteiger charge is -2.12. The lowest BCUT2D eigenvalue weighted by atomic mass is 10.1. The highest BCUT2D eigenvalue weighted by Gasteiger charge is 2.26. The van der Waals surface area contributed by atoms with E-state index in [0.717, 1.165) is 22.0 Å². The van der Waals surface area contributed by atoms with Crippen molar-refractivity contribution < 1.29 is 19.1 Å². The normalized spacial score (nSPS) is 10.4. The van der Waals surface area contributed by atoms with Gasteiger partial charge in [-0.25, -0.2) is 9.59 Å². The van der Waals surface area contributed by atoms with Crippen LogP contribution in [-0.2, 0) is 22.7 Å². The molecule has 33 heavy (non-hydrogen) atoms. The Morgan fingerprint density at radius 3 is 1.73 bits per heavy atom. The van der Waals surface area contributed by atoms with Crippen LogP contribution in [-0.4, -0.2) is 21.7 Å². The number of ether oxygens (including phenoxy) is 2.